The Labute approximate surface area is 147 Å². The molecule has 0 saturated heterocycles. The van der Waals surface area contributed by atoms with Gasteiger partial charge in [-0.05, 0) is 24.3 Å². The molecule has 0 radical (unpaired) electrons. The third-order valence-electron chi connectivity index (χ3n) is 3.31. The summed E-state index contributed by atoms with van der Waals surface area (Å²) in [5.74, 6) is -0.594. The topological polar surface area (TPSA) is 92.3 Å². The zero-order valence-electron chi connectivity index (χ0n) is 13.4. The van der Waals surface area contributed by atoms with Gasteiger partial charge in [0.1, 0.15) is 0 Å². The fourth-order valence-corrected chi connectivity index (χ4v) is 4.09. The third kappa shape index (κ3) is 4.35. The Morgan fingerprint density at radius 3 is 2.28 bits per heavy atom. The van der Waals surface area contributed by atoms with E-state index in [9.17, 15) is 22.0 Å². The molecule has 0 aliphatic carbocycles. The molecule has 1 aromatic heterocycles. The van der Waals surface area contributed by atoms with E-state index in [1.54, 1.807) is 13.8 Å². The first-order chi connectivity index (χ1) is 11.8. The number of carbonyl (C=O) groups is 1. The molecule has 25 heavy (non-hydrogen) atoms. The van der Waals surface area contributed by atoms with Crippen LogP contribution in [0.4, 0.5) is 13.9 Å². The number of rotatable bonds is 7. The first-order valence-corrected chi connectivity index (χ1v) is 9.58. The van der Waals surface area contributed by atoms with Gasteiger partial charge in [-0.3, -0.25) is 10.1 Å². The Hall–Kier alpha value is -1.98. The van der Waals surface area contributed by atoms with Crippen LogP contribution < -0.4 is 5.32 Å². The number of nitrogens with one attached hydrogen (secondary N) is 1. The van der Waals surface area contributed by atoms with Crippen molar-refractivity contribution in [3.8, 4) is 0 Å². The summed E-state index contributed by atoms with van der Waals surface area (Å²) in [5, 5.41) is 8.53. The Kier molecular flexibility index (Phi) is 6.14. The van der Waals surface area contributed by atoms with Gasteiger partial charge in [0.05, 0.1) is 4.90 Å². The van der Waals surface area contributed by atoms with E-state index in [2.05, 4.69) is 15.5 Å². The van der Waals surface area contributed by atoms with E-state index >= 15 is 0 Å². The van der Waals surface area contributed by atoms with Crippen molar-refractivity contribution in [1.29, 1.82) is 0 Å². The van der Waals surface area contributed by atoms with Crippen molar-refractivity contribution in [3.05, 3.63) is 34.8 Å². The summed E-state index contributed by atoms with van der Waals surface area (Å²) in [7, 11) is -3.61. The number of nitrogens with zero attached hydrogens (tertiary/aromatic N) is 3. The lowest BCUT2D eigenvalue weighted by Crippen LogP contribution is -2.30. The number of amides is 1. The van der Waals surface area contributed by atoms with Crippen molar-refractivity contribution in [2.75, 3.05) is 18.4 Å². The fourth-order valence-electron chi connectivity index (χ4n) is 2.03. The first kappa shape index (κ1) is 19.3. The maximum atomic E-state index is 12.5. The number of carbonyl (C=O) groups excluding carboxylic acids is 1. The lowest BCUT2D eigenvalue weighted by molar-refractivity contribution is 0.102. The standard InChI is InChI=1S/C14H16F2N4O3S2/c1-3-20(4-2)25(22,23)10-7-5-9(6-8-10)12(21)17-14-19-18-13(24-14)11(15)16/h5-8,11H,3-4H2,1-2H3,(H,17,19,21). The summed E-state index contributed by atoms with van der Waals surface area (Å²) in [5.41, 5.74) is 0.173. The Morgan fingerprint density at radius 1 is 1.20 bits per heavy atom. The lowest BCUT2D eigenvalue weighted by atomic mass is 10.2. The van der Waals surface area contributed by atoms with Crippen LogP contribution in [0.15, 0.2) is 29.2 Å². The van der Waals surface area contributed by atoms with Gasteiger partial charge in [0.15, 0.2) is 5.01 Å². The third-order valence-corrected chi connectivity index (χ3v) is 6.22. The molecule has 2 aromatic rings. The predicted molar refractivity (Wildman–Crippen MR) is 89.4 cm³/mol. The summed E-state index contributed by atoms with van der Waals surface area (Å²) >= 11 is 0.575. The normalized spacial score (nSPS) is 11.9. The van der Waals surface area contributed by atoms with Crippen molar-refractivity contribution < 1.29 is 22.0 Å². The van der Waals surface area contributed by atoms with Crippen LogP contribution in [0.3, 0.4) is 0 Å². The average Bonchev–Trinajstić information content (AvgIpc) is 3.04. The molecule has 0 bridgehead atoms. The molecule has 0 fully saturated rings. The Bertz CT molecular complexity index is 834. The van der Waals surface area contributed by atoms with Gasteiger partial charge in [-0.25, -0.2) is 17.2 Å². The van der Waals surface area contributed by atoms with E-state index in [1.165, 1.54) is 28.6 Å². The molecule has 0 unspecified atom stereocenters. The van der Waals surface area contributed by atoms with E-state index in [-0.39, 0.29) is 15.6 Å². The largest absolute Gasteiger partial charge is 0.296 e. The molecule has 0 saturated carbocycles. The molecule has 1 aromatic carbocycles. The van der Waals surface area contributed by atoms with Gasteiger partial charge in [-0.1, -0.05) is 25.2 Å². The molecule has 1 heterocycles. The number of anilines is 1. The molecule has 0 aliphatic heterocycles. The number of benzene rings is 1. The van der Waals surface area contributed by atoms with Gasteiger partial charge < -0.3 is 0 Å². The highest BCUT2D eigenvalue weighted by Crippen LogP contribution is 2.25. The van der Waals surface area contributed by atoms with Gasteiger partial charge in [0.25, 0.3) is 12.3 Å². The highest BCUT2D eigenvalue weighted by Gasteiger charge is 2.22. The molecule has 0 atom stereocenters. The van der Waals surface area contributed by atoms with E-state index in [0.717, 1.165) is 0 Å². The SMILES string of the molecule is CCN(CC)S(=O)(=O)c1ccc(C(=O)Nc2nnc(C(F)F)s2)cc1. The summed E-state index contributed by atoms with van der Waals surface area (Å²) in [6.45, 7) is 4.15. The van der Waals surface area contributed by atoms with Crippen molar-refractivity contribution in [2.24, 2.45) is 0 Å². The minimum absolute atomic E-state index is 0.0554. The van der Waals surface area contributed by atoms with E-state index in [0.29, 0.717) is 24.4 Å². The fraction of sp³-hybridized carbons (Fsp3) is 0.357. The van der Waals surface area contributed by atoms with Gasteiger partial charge >= 0.3 is 0 Å². The highest BCUT2D eigenvalue weighted by atomic mass is 32.2. The maximum Gasteiger partial charge on any atom is 0.291 e. The van der Waals surface area contributed by atoms with E-state index in [4.69, 9.17) is 0 Å². The zero-order valence-corrected chi connectivity index (χ0v) is 15.1. The van der Waals surface area contributed by atoms with Crippen molar-refractivity contribution in [2.45, 2.75) is 25.2 Å². The lowest BCUT2D eigenvalue weighted by Gasteiger charge is -2.18. The number of alkyl halides is 2. The summed E-state index contributed by atoms with van der Waals surface area (Å²) in [6.07, 6.45) is -2.76. The summed E-state index contributed by atoms with van der Waals surface area (Å²) < 4.78 is 51.0. The van der Waals surface area contributed by atoms with Gasteiger partial charge in [-0.15, -0.1) is 10.2 Å². The molecule has 7 nitrogen and oxygen atoms in total. The van der Waals surface area contributed by atoms with Crippen LogP contribution in [0.25, 0.3) is 0 Å². The van der Waals surface area contributed by atoms with Crippen LogP contribution in [0.5, 0.6) is 0 Å². The van der Waals surface area contributed by atoms with E-state index in [1.807, 2.05) is 0 Å². The highest BCUT2D eigenvalue weighted by molar-refractivity contribution is 7.89. The molecule has 11 heteroatoms. The predicted octanol–water partition coefficient (Wildman–Crippen LogP) is 2.76. The van der Waals surface area contributed by atoms with Gasteiger partial charge in [0, 0.05) is 18.7 Å². The second-order valence-electron chi connectivity index (χ2n) is 4.81. The van der Waals surface area contributed by atoms with Crippen LogP contribution in [0.1, 0.15) is 35.6 Å². The van der Waals surface area contributed by atoms with Crippen LogP contribution in [0.2, 0.25) is 0 Å². The first-order valence-electron chi connectivity index (χ1n) is 7.32. The number of hydrogen-bond donors (Lipinski definition) is 1. The minimum Gasteiger partial charge on any atom is -0.296 e. The smallest absolute Gasteiger partial charge is 0.291 e. The molecule has 136 valence electrons. The molecule has 0 aliphatic rings. The molecular weight excluding hydrogens is 374 g/mol. The second kappa shape index (κ2) is 7.93. The van der Waals surface area contributed by atoms with Crippen molar-refractivity contribution in [1.82, 2.24) is 14.5 Å². The number of aromatic nitrogens is 2. The van der Waals surface area contributed by atoms with Crippen LogP contribution in [-0.2, 0) is 10.0 Å². The van der Waals surface area contributed by atoms with E-state index < -0.39 is 27.4 Å². The van der Waals surface area contributed by atoms with Crippen LogP contribution in [0, 0.1) is 0 Å². The van der Waals surface area contributed by atoms with Gasteiger partial charge in [0.2, 0.25) is 15.2 Å². The van der Waals surface area contributed by atoms with Crippen LogP contribution >= 0.6 is 11.3 Å². The maximum absolute atomic E-state index is 12.5. The Balaban J connectivity index is 2.14. The van der Waals surface area contributed by atoms with Crippen molar-refractivity contribution in [3.63, 3.8) is 0 Å². The number of sulfonamides is 1. The minimum atomic E-state index is -3.61. The zero-order chi connectivity index (χ0) is 18.6. The Morgan fingerprint density at radius 2 is 1.80 bits per heavy atom. The second-order valence-corrected chi connectivity index (χ2v) is 7.76. The number of hydrogen-bond acceptors (Lipinski definition) is 6. The molecule has 1 amide bonds. The number of halogens is 2. The monoisotopic (exact) mass is 390 g/mol. The summed E-state index contributed by atoms with van der Waals surface area (Å²) in [6, 6.07) is 5.35. The summed E-state index contributed by atoms with van der Waals surface area (Å²) in [4.78, 5) is 12.2. The van der Waals surface area contributed by atoms with Gasteiger partial charge in [-0.2, -0.15) is 4.31 Å². The molecule has 2 rings (SSSR count). The molecular formula is C14H16F2N4O3S2. The molecule has 0 spiro atoms. The van der Waals surface area contributed by atoms with Crippen LogP contribution in [-0.4, -0.2) is 41.9 Å². The quantitative estimate of drug-likeness (QED) is 0.785. The van der Waals surface area contributed by atoms with Crippen molar-refractivity contribution >= 4 is 32.4 Å². The average molecular weight is 390 g/mol. The molecule has 1 N–H and O–H groups in total.